The van der Waals surface area contributed by atoms with Crippen LogP contribution in [0.4, 0.5) is 10.1 Å². The maximum Gasteiger partial charge on any atom is 0.307 e. The molecule has 0 radical (unpaired) electrons. The third kappa shape index (κ3) is 3.27. The van der Waals surface area contributed by atoms with Crippen molar-refractivity contribution in [2.75, 3.05) is 18.0 Å². The van der Waals surface area contributed by atoms with Crippen molar-refractivity contribution in [2.45, 2.75) is 36.7 Å². The van der Waals surface area contributed by atoms with Crippen LogP contribution in [0.1, 0.15) is 17.5 Å². The molecule has 0 unspecified atom stereocenters. The number of fused-ring (bicyclic) bond motifs is 2. The van der Waals surface area contributed by atoms with E-state index in [1.165, 1.54) is 22.5 Å². The first-order chi connectivity index (χ1) is 13.3. The van der Waals surface area contributed by atoms with Gasteiger partial charge in [0, 0.05) is 30.9 Å². The zero-order chi connectivity index (χ0) is 20.1. The number of benzene rings is 2. The second-order valence-corrected chi connectivity index (χ2v) is 9.30. The molecule has 2 fully saturated rings. The van der Waals surface area contributed by atoms with Crippen LogP contribution in [0.3, 0.4) is 0 Å². The maximum absolute atomic E-state index is 13.2. The van der Waals surface area contributed by atoms with Gasteiger partial charge in [-0.1, -0.05) is 6.07 Å². The number of hydrogen-bond donors (Lipinski definition) is 1. The highest BCUT2D eigenvalue weighted by atomic mass is 32.2. The van der Waals surface area contributed by atoms with E-state index in [1.807, 2.05) is 0 Å². The van der Waals surface area contributed by atoms with Gasteiger partial charge in [0.05, 0.1) is 11.3 Å². The minimum absolute atomic E-state index is 0.0502. The molecule has 8 heteroatoms. The van der Waals surface area contributed by atoms with Gasteiger partial charge < -0.3 is 10.0 Å². The first kappa shape index (κ1) is 18.9. The van der Waals surface area contributed by atoms with Crippen LogP contribution in [0, 0.1) is 12.7 Å². The lowest BCUT2D eigenvalue weighted by atomic mass is 10.1. The number of hydrogen-bond acceptors (Lipinski definition) is 4. The number of aryl methyl sites for hydroxylation is 1. The summed E-state index contributed by atoms with van der Waals surface area (Å²) in [6, 6.07) is 10.8. The Hall–Kier alpha value is -2.45. The first-order valence-electron chi connectivity index (χ1n) is 9.11. The van der Waals surface area contributed by atoms with E-state index in [9.17, 15) is 17.6 Å². The van der Waals surface area contributed by atoms with E-state index >= 15 is 0 Å². The van der Waals surface area contributed by atoms with Gasteiger partial charge in [-0.15, -0.1) is 0 Å². The monoisotopic (exact) mass is 404 g/mol. The number of carbonyl (C=O) groups is 1. The van der Waals surface area contributed by atoms with Crippen molar-refractivity contribution in [2.24, 2.45) is 0 Å². The molecule has 0 saturated carbocycles. The highest BCUT2D eigenvalue weighted by Gasteiger charge is 2.48. The summed E-state index contributed by atoms with van der Waals surface area (Å²) in [5, 5.41) is 9.05. The first-order valence-corrected chi connectivity index (χ1v) is 10.5. The van der Waals surface area contributed by atoms with Gasteiger partial charge in [0.25, 0.3) is 0 Å². The molecule has 2 aliphatic rings. The Labute approximate surface area is 163 Å². The van der Waals surface area contributed by atoms with Gasteiger partial charge in [-0.3, -0.25) is 4.79 Å². The molecular formula is C20H21FN2O4S. The smallest absolute Gasteiger partial charge is 0.307 e. The Kier molecular flexibility index (Phi) is 4.63. The van der Waals surface area contributed by atoms with Crippen LogP contribution in [-0.4, -0.2) is 49.0 Å². The molecular weight excluding hydrogens is 383 g/mol. The van der Waals surface area contributed by atoms with Crippen molar-refractivity contribution < 1.29 is 22.7 Å². The number of halogens is 1. The molecule has 28 heavy (non-hydrogen) atoms. The lowest BCUT2D eigenvalue weighted by Crippen LogP contribution is -2.48. The van der Waals surface area contributed by atoms with E-state index in [-0.39, 0.29) is 29.2 Å². The van der Waals surface area contributed by atoms with Gasteiger partial charge >= 0.3 is 5.97 Å². The summed E-state index contributed by atoms with van der Waals surface area (Å²) in [4.78, 5) is 13.3. The number of carboxylic acids is 1. The van der Waals surface area contributed by atoms with Crippen molar-refractivity contribution in [3.05, 3.63) is 59.4 Å². The molecule has 2 bridgehead atoms. The predicted octanol–water partition coefficient (Wildman–Crippen LogP) is 2.41. The molecule has 2 aliphatic heterocycles. The van der Waals surface area contributed by atoms with Crippen molar-refractivity contribution in [3.63, 3.8) is 0 Å². The normalized spacial score (nSPS) is 22.0. The summed E-state index contributed by atoms with van der Waals surface area (Å²) < 4.78 is 41.0. The Morgan fingerprint density at radius 2 is 1.86 bits per heavy atom. The third-order valence-electron chi connectivity index (χ3n) is 5.62. The largest absolute Gasteiger partial charge is 0.481 e. The van der Waals surface area contributed by atoms with Crippen LogP contribution in [0.2, 0.25) is 0 Å². The highest BCUT2D eigenvalue weighted by molar-refractivity contribution is 7.89. The van der Waals surface area contributed by atoms with Gasteiger partial charge in [0.2, 0.25) is 10.0 Å². The molecule has 4 rings (SSSR count). The fourth-order valence-corrected chi connectivity index (χ4v) is 5.89. The zero-order valence-electron chi connectivity index (χ0n) is 15.4. The van der Waals surface area contributed by atoms with E-state index in [1.54, 1.807) is 31.2 Å². The number of aliphatic carboxylic acids is 1. The third-order valence-corrected chi connectivity index (χ3v) is 7.53. The van der Waals surface area contributed by atoms with E-state index in [4.69, 9.17) is 5.11 Å². The van der Waals surface area contributed by atoms with E-state index in [0.717, 1.165) is 17.7 Å². The van der Waals surface area contributed by atoms with Crippen LogP contribution >= 0.6 is 0 Å². The molecule has 0 aliphatic carbocycles. The van der Waals surface area contributed by atoms with Crippen molar-refractivity contribution in [1.29, 1.82) is 0 Å². The van der Waals surface area contributed by atoms with Crippen LogP contribution in [-0.2, 0) is 21.2 Å². The lowest BCUT2D eigenvalue weighted by molar-refractivity contribution is -0.136. The second-order valence-electron chi connectivity index (χ2n) is 7.41. The zero-order valence-corrected chi connectivity index (χ0v) is 16.2. The second kappa shape index (κ2) is 6.86. The van der Waals surface area contributed by atoms with Gasteiger partial charge in [-0.25, -0.2) is 12.8 Å². The SMILES string of the molecule is Cc1ccc(S(=O)(=O)N2C[C@@H]3C[C@H]2CN3c2ccc(F)cc2)cc1CC(=O)O. The number of piperazine rings is 1. The molecule has 2 aromatic rings. The summed E-state index contributed by atoms with van der Waals surface area (Å²) in [6.07, 6.45) is 0.518. The summed E-state index contributed by atoms with van der Waals surface area (Å²) in [5.74, 6) is -1.29. The van der Waals surface area contributed by atoms with E-state index in [0.29, 0.717) is 18.7 Å². The molecule has 2 atom stereocenters. The Morgan fingerprint density at radius 3 is 2.46 bits per heavy atom. The predicted molar refractivity (Wildman–Crippen MR) is 102 cm³/mol. The fourth-order valence-electron chi connectivity index (χ4n) is 4.17. The fraction of sp³-hybridized carbons (Fsp3) is 0.350. The van der Waals surface area contributed by atoms with Crippen molar-refractivity contribution in [1.82, 2.24) is 4.31 Å². The number of rotatable bonds is 5. The number of sulfonamides is 1. The molecule has 2 aromatic carbocycles. The van der Waals surface area contributed by atoms with Gasteiger partial charge in [0.15, 0.2) is 0 Å². The van der Waals surface area contributed by atoms with Gasteiger partial charge in [0.1, 0.15) is 5.82 Å². The molecule has 0 spiro atoms. The Bertz CT molecular complexity index is 1020. The van der Waals surface area contributed by atoms with Gasteiger partial charge in [-0.05, 0) is 60.9 Å². The number of anilines is 1. The number of carboxylic acid groups (broad SMARTS) is 1. The summed E-state index contributed by atoms with van der Waals surface area (Å²) in [5.41, 5.74) is 2.16. The van der Waals surface area contributed by atoms with Crippen molar-refractivity contribution >= 4 is 21.7 Å². The summed E-state index contributed by atoms with van der Waals surface area (Å²) in [6.45, 7) is 2.70. The van der Waals surface area contributed by atoms with E-state index < -0.39 is 16.0 Å². The summed E-state index contributed by atoms with van der Waals surface area (Å²) in [7, 11) is -3.70. The van der Waals surface area contributed by atoms with Gasteiger partial charge in [-0.2, -0.15) is 4.31 Å². The Morgan fingerprint density at radius 1 is 1.14 bits per heavy atom. The molecule has 6 nitrogen and oxygen atoms in total. The van der Waals surface area contributed by atoms with Crippen LogP contribution in [0.15, 0.2) is 47.4 Å². The topological polar surface area (TPSA) is 77.9 Å². The molecule has 1 N–H and O–H groups in total. The molecule has 2 saturated heterocycles. The summed E-state index contributed by atoms with van der Waals surface area (Å²) >= 11 is 0. The Balaban J connectivity index is 1.56. The average Bonchev–Trinajstić information content (AvgIpc) is 3.25. The molecule has 0 amide bonds. The average molecular weight is 404 g/mol. The molecule has 148 valence electrons. The van der Waals surface area contributed by atoms with Crippen LogP contribution in [0.5, 0.6) is 0 Å². The van der Waals surface area contributed by atoms with E-state index in [2.05, 4.69) is 4.90 Å². The quantitative estimate of drug-likeness (QED) is 0.828. The molecule has 0 aromatic heterocycles. The number of nitrogens with zero attached hydrogens (tertiary/aromatic N) is 2. The minimum Gasteiger partial charge on any atom is -0.481 e. The standard InChI is InChI=1S/C20H21FN2O4S/c1-13-2-7-19(8-14(13)9-20(24)25)28(26,27)23-12-17-10-18(23)11-22(17)16-5-3-15(21)4-6-16/h2-8,17-18H,9-12H2,1H3,(H,24,25)/t17-,18-/m0/s1. The minimum atomic E-state index is -3.70. The van der Waals surface area contributed by atoms with Crippen LogP contribution < -0.4 is 4.90 Å². The lowest BCUT2D eigenvalue weighted by Gasteiger charge is -2.35. The van der Waals surface area contributed by atoms with Crippen LogP contribution in [0.25, 0.3) is 0 Å². The highest BCUT2D eigenvalue weighted by Crippen LogP contribution is 2.38. The molecule has 2 heterocycles. The maximum atomic E-state index is 13.2. The van der Waals surface area contributed by atoms with Crippen molar-refractivity contribution in [3.8, 4) is 0 Å².